The maximum atomic E-state index is 11.4. The normalized spacial score (nSPS) is 15.9. The van der Waals surface area contributed by atoms with Crippen molar-refractivity contribution in [1.82, 2.24) is 5.32 Å². The van der Waals surface area contributed by atoms with Crippen LogP contribution in [-0.4, -0.2) is 31.3 Å². The van der Waals surface area contributed by atoms with Gasteiger partial charge in [-0.25, -0.2) is 0 Å². The van der Waals surface area contributed by atoms with E-state index in [9.17, 15) is 9.90 Å². The monoisotopic (exact) mass is 265 g/mol. The molecule has 0 aromatic heterocycles. The molecular formula is C14H19NO4. The first kappa shape index (κ1) is 13.7. The van der Waals surface area contributed by atoms with Gasteiger partial charge in [0.2, 0.25) is 0 Å². The second kappa shape index (κ2) is 5.09. The van der Waals surface area contributed by atoms with Crippen LogP contribution in [0.3, 0.4) is 0 Å². The molecule has 2 N–H and O–H groups in total. The predicted molar refractivity (Wildman–Crippen MR) is 70.6 cm³/mol. The van der Waals surface area contributed by atoms with Gasteiger partial charge in [0.15, 0.2) is 11.5 Å². The smallest absolute Gasteiger partial charge is 0.311 e. The van der Waals surface area contributed by atoms with Gasteiger partial charge in [0, 0.05) is 6.04 Å². The number of fused-ring (bicyclic) bond motifs is 1. The van der Waals surface area contributed by atoms with E-state index in [4.69, 9.17) is 9.47 Å². The van der Waals surface area contributed by atoms with Crippen molar-refractivity contribution in [3.05, 3.63) is 23.8 Å². The molecule has 104 valence electrons. The molecule has 0 spiro atoms. The molecule has 0 saturated heterocycles. The highest BCUT2D eigenvalue weighted by atomic mass is 16.6. The lowest BCUT2D eigenvalue weighted by Crippen LogP contribution is -2.38. The fourth-order valence-electron chi connectivity index (χ4n) is 2.31. The summed E-state index contributed by atoms with van der Waals surface area (Å²) in [7, 11) is 1.76. The first-order valence-electron chi connectivity index (χ1n) is 6.27. The Bertz CT molecular complexity index is 484. The maximum Gasteiger partial charge on any atom is 0.311 e. The van der Waals surface area contributed by atoms with Gasteiger partial charge in [-0.1, -0.05) is 6.07 Å². The van der Waals surface area contributed by atoms with E-state index in [0.717, 1.165) is 5.56 Å². The summed E-state index contributed by atoms with van der Waals surface area (Å²) in [6, 6.07) is 5.24. The number of carboxylic acids is 1. The van der Waals surface area contributed by atoms with Gasteiger partial charge in [0.1, 0.15) is 13.2 Å². The molecule has 1 aromatic carbocycles. The summed E-state index contributed by atoms with van der Waals surface area (Å²) in [5, 5.41) is 12.4. The van der Waals surface area contributed by atoms with E-state index in [-0.39, 0.29) is 6.04 Å². The van der Waals surface area contributed by atoms with Crippen LogP contribution in [-0.2, 0) is 4.79 Å². The van der Waals surface area contributed by atoms with Crippen LogP contribution in [0.15, 0.2) is 18.2 Å². The molecule has 1 aromatic rings. The van der Waals surface area contributed by atoms with Crippen LogP contribution in [0.4, 0.5) is 0 Å². The zero-order valence-corrected chi connectivity index (χ0v) is 11.4. The second-order valence-electron chi connectivity index (χ2n) is 5.15. The van der Waals surface area contributed by atoms with Gasteiger partial charge < -0.3 is 19.9 Å². The van der Waals surface area contributed by atoms with Crippen LogP contribution in [0.5, 0.6) is 11.5 Å². The number of rotatable bonds is 4. The fourth-order valence-corrected chi connectivity index (χ4v) is 2.31. The van der Waals surface area contributed by atoms with Gasteiger partial charge in [0.05, 0.1) is 5.41 Å². The third-order valence-corrected chi connectivity index (χ3v) is 3.46. The molecule has 1 aliphatic rings. The van der Waals surface area contributed by atoms with Crippen LogP contribution in [0.1, 0.15) is 25.5 Å². The third kappa shape index (κ3) is 2.51. The highest BCUT2D eigenvalue weighted by Crippen LogP contribution is 2.38. The quantitative estimate of drug-likeness (QED) is 0.869. The third-order valence-electron chi connectivity index (χ3n) is 3.46. The summed E-state index contributed by atoms with van der Waals surface area (Å²) >= 11 is 0. The topological polar surface area (TPSA) is 67.8 Å². The molecule has 2 rings (SSSR count). The van der Waals surface area contributed by atoms with E-state index in [1.807, 2.05) is 18.2 Å². The van der Waals surface area contributed by atoms with E-state index >= 15 is 0 Å². The summed E-state index contributed by atoms with van der Waals surface area (Å²) in [6.45, 7) is 4.46. The predicted octanol–water partition coefficient (Wildman–Crippen LogP) is 1.83. The van der Waals surface area contributed by atoms with Crippen molar-refractivity contribution >= 4 is 5.97 Å². The Morgan fingerprint density at radius 1 is 1.32 bits per heavy atom. The zero-order valence-electron chi connectivity index (χ0n) is 11.4. The maximum absolute atomic E-state index is 11.4. The Morgan fingerprint density at radius 3 is 2.53 bits per heavy atom. The lowest BCUT2D eigenvalue weighted by Gasteiger charge is -2.31. The van der Waals surface area contributed by atoms with E-state index in [2.05, 4.69) is 5.32 Å². The molecule has 0 fully saturated rings. The average Bonchev–Trinajstić information content (AvgIpc) is 2.39. The largest absolute Gasteiger partial charge is 0.486 e. The van der Waals surface area contributed by atoms with Gasteiger partial charge >= 0.3 is 5.97 Å². The summed E-state index contributed by atoms with van der Waals surface area (Å²) in [4.78, 5) is 11.4. The molecule has 0 bridgehead atoms. The Labute approximate surface area is 112 Å². The molecule has 0 saturated carbocycles. The molecule has 0 amide bonds. The Kier molecular flexibility index (Phi) is 3.66. The number of carboxylic acid groups (broad SMARTS) is 1. The molecular weight excluding hydrogens is 246 g/mol. The van der Waals surface area contributed by atoms with Crippen molar-refractivity contribution in [2.45, 2.75) is 19.9 Å². The molecule has 1 atom stereocenters. The van der Waals surface area contributed by atoms with Gasteiger partial charge in [-0.05, 0) is 38.6 Å². The number of hydrogen-bond acceptors (Lipinski definition) is 4. The standard InChI is InChI=1S/C14H19NO4/c1-14(2,13(16)17)12(15-3)9-4-5-10-11(8-9)19-7-6-18-10/h4-5,8,12,15H,6-7H2,1-3H3,(H,16,17). The van der Waals surface area contributed by atoms with Gasteiger partial charge in [-0.15, -0.1) is 0 Å². The Balaban J connectivity index is 2.36. The molecule has 1 heterocycles. The van der Waals surface area contributed by atoms with Crippen molar-refractivity contribution in [1.29, 1.82) is 0 Å². The van der Waals surface area contributed by atoms with Gasteiger partial charge in [-0.3, -0.25) is 4.79 Å². The molecule has 19 heavy (non-hydrogen) atoms. The lowest BCUT2D eigenvalue weighted by atomic mass is 9.80. The fraction of sp³-hybridized carbons (Fsp3) is 0.500. The van der Waals surface area contributed by atoms with Crippen molar-refractivity contribution in [3.63, 3.8) is 0 Å². The number of hydrogen-bond donors (Lipinski definition) is 2. The van der Waals surface area contributed by atoms with Crippen molar-refractivity contribution < 1.29 is 19.4 Å². The second-order valence-corrected chi connectivity index (χ2v) is 5.15. The molecule has 0 aliphatic carbocycles. The molecule has 0 radical (unpaired) electrons. The summed E-state index contributed by atoms with van der Waals surface area (Å²) in [6.07, 6.45) is 0. The van der Waals surface area contributed by atoms with Crippen LogP contribution in [0, 0.1) is 5.41 Å². The van der Waals surface area contributed by atoms with Crippen molar-refractivity contribution in [2.75, 3.05) is 20.3 Å². The van der Waals surface area contributed by atoms with Crippen LogP contribution in [0.2, 0.25) is 0 Å². The van der Waals surface area contributed by atoms with E-state index in [1.165, 1.54) is 0 Å². The van der Waals surface area contributed by atoms with Crippen molar-refractivity contribution in [2.24, 2.45) is 5.41 Å². The number of ether oxygens (including phenoxy) is 2. The number of benzene rings is 1. The van der Waals surface area contributed by atoms with Crippen LogP contribution in [0.25, 0.3) is 0 Å². The van der Waals surface area contributed by atoms with Gasteiger partial charge in [0.25, 0.3) is 0 Å². The molecule has 1 aliphatic heterocycles. The summed E-state index contributed by atoms with van der Waals surface area (Å²) in [5.74, 6) is 0.532. The Hall–Kier alpha value is -1.75. The first-order valence-corrected chi connectivity index (χ1v) is 6.27. The number of aliphatic carboxylic acids is 1. The SMILES string of the molecule is CNC(c1ccc2c(c1)OCCO2)C(C)(C)C(=O)O. The highest BCUT2D eigenvalue weighted by molar-refractivity contribution is 5.75. The zero-order chi connectivity index (χ0) is 14.0. The van der Waals surface area contributed by atoms with E-state index in [0.29, 0.717) is 24.7 Å². The van der Waals surface area contributed by atoms with Crippen molar-refractivity contribution in [3.8, 4) is 11.5 Å². The van der Waals surface area contributed by atoms with E-state index < -0.39 is 11.4 Å². The first-order chi connectivity index (χ1) is 8.96. The average molecular weight is 265 g/mol. The van der Waals surface area contributed by atoms with Crippen LogP contribution >= 0.6 is 0 Å². The number of carbonyl (C=O) groups is 1. The highest BCUT2D eigenvalue weighted by Gasteiger charge is 2.37. The minimum absolute atomic E-state index is 0.305. The molecule has 1 unspecified atom stereocenters. The van der Waals surface area contributed by atoms with Gasteiger partial charge in [-0.2, -0.15) is 0 Å². The summed E-state index contributed by atoms with van der Waals surface area (Å²) < 4.78 is 11.0. The van der Waals surface area contributed by atoms with Crippen LogP contribution < -0.4 is 14.8 Å². The molecule has 5 heteroatoms. The summed E-state index contributed by atoms with van der Waals surface area (Å²) in [5.41, 5.74) is -0.0439. The van der Waals surface area contributed by atoms with E-state index in [1.54, 1.807) is 20.9 Å². The Morgan fingerprint density at radius 2 is 1.95 bits per heavy atom. The lowest BCUT2D eigenvalue weighted by molar-refractivity contribution is -0.148. The minimum atomic E-state index is -0.918. The molecule has 5 nitrogen and oxygen atoms in total. The number of nitrogens with one attached hydrogen (secondary N) is 1. The minimum Gasteiger partial charge on any atom is -0.486 e.